The maximum Gasteiger partial charge on any atom is 0.266 e. The Morgan fingerprint density at radius 3 is 2.70 bits per heavy atom. The summed E-state index contributed by atoms with van der Waals surface area (Å²) in [4.78, 5) is 3.11. The number of sulfonamides is 1. The standard InChI is InChI=1S/C16H12ClF2N3O3S2/c17-11-7-14(27(23,24)22-16-21-4-5-26-16)12(19)8-13(11)25-15(20)9-2-1-3-10(18)6-9/h1-8,15H,20H2,(H,21,22)/t15-/m1/s1. The van der Waals surface area contributed by atoms with Crippen molar-refractivity contribution in [3.8, 4) is 5.75 Å². The molecular formula is C16H12ClF2N3O3S2. The molecule has 0 aliphatic rings. The Kier molecular flexibility index (Phi) is 5.61. The molecule has 3 aromatic rings. The Hall–Kier alpha value is -2.27. The smallest absolute Gasteiger partial charge is 0.266 e. The van der Waals surface area contributed by atoms with Crippen LogP contribution < -0.4 is 15.2 Å². The van der Waals surface area contributed by atoms with Crippen molar-refractivity contribution in [2.45, 2.75) is 11.1 Å². The quantitative estimate of drug-likeness (QED) is 0.577. The van der Waals surface area contributed by atoms with Crippen LogP contribution in [-0.4, -0.2) is 13.4 Å². The van der Waals surface area contributed by atoms with Crippen molar-refractivity contribution in [1.29, 1.82) is 0 Å². The van der Waals surface area contributed by atoms with Crippen molar-refractivity contribution in [3.63, 3.8) is 0 Å². The fourth-order valence-corrected chi connectivity index (χ4v) is 4.29. The summed E-state index contributed by atoms with van der Waals surface area (Å²) < 4.78 is 59.8. The normalized spacial score (nSPS) is 12.6. The Bertz CT molecular complexity index is 1060. The lowest BCUT2D eigenvalue weighted by Gasteiger charge is -2.17. The van der Waals surface area contributed by atoms with E-state index < -0.39 is 32.8 Å². The van der Waals surface area contributed by atoms with E-state index >= 15 is 0 Å². The third-order valence-electron chi connectivity index (χ3n) is 3.36. The molecule has 1 heterocycles. The monoisotopic (exact) mass is 431 g/mol. The van der Waals surface area contributed by atoms with Gasteiger partial charge in [-0.15, -0.1) is 11.3 Å². The van der Waals surface area contributed by atoms with Gasteiger partial charge in [0, 0.05) is 23.2 Å². The molecule has 27 heavy (non-hydrogen) atoms. The van der Waals surface area contributed by atoms with Crippen LogP contribution in [0.4, 0.5) is 13.9 Å². The number of rotatable bonds is 6. The lowest BCUT2D eigenvalue weighted by atomic mass is 10.2. The first-order valence-electron chi connectivity index (χ1n) is 7.35. The summed E-state index contributed by atoms with van der Waals surface area (Å²) in [6.07, 6.45) is 0.268. The predicted molar refractivity (Wildman–Crippen MR) is 98.3 cm³/mol. The van der Waals surface area contributed by atoms with Gasteiger partial charge in [-0.2, -0.15) is 0 Å². The summed E-state index contributed by atoms with van der Waals surface area (Å²) in [5.74, 6) is -1.79. The summed E-state index contributed by atoms with van der Waals surface area (Å²) in [6.45, 7) is 0. The molecule has 0 aliphatic heterocycles. The summed E-state index contributed by atoms with van der Waals surface area (Å²) >= 11 is 7.06. The van der Waals surface area contributed by atoms with Gasteiger partial charge in [0.05, 0.1) is 5.02 Å². The summed E-state index contributed by atoms with van der Waals surface area (Å²) in [5, 5.41) is 1.47. The molecule has 2 aromatic carbocycles. The van der Waals surface area contributed by atoms with Gasteiger partial charge < -0.3 is 4.74 Å². The number of anilines is 1. The number of hydrogen-bond acceptors (Lipinski definition) is 6. The molecular weight excluding hydrogens is 420 g/mol. The van der Waals surface area contributed by atoms with Crippen LogP contribution in [0.15, 0.2) is 52.9 Å². The van der Waals surface area contributed by atoms with Crippen LogP contribution in [0, 0.1) is 11.6 Å². The number of nitrogens with two attached hydrogens (primary N) is 1. The second-order valence-electron chi connectivity index (χ2n) is 5.25. The fraction of sp³-hybridized carbons (Fsp3) is 0.0625. The predicted octanol–water partition coefficient (Wildman–Crippen LogP) is 3.91. The highest BCUT2D eigenvalue weighted by Gasteiger charge is 2.23. The second kappa shape index (κ2) is 7.77. The number of nitrogens with zero attached hydrogens (tertiary/aromatic N) is 1. The van der Waals surface area contributed by atoms with Crippen molar-refractivity contribution in [1.82, 2.24) is 4.98 Å². The Labute approximate surface area is 162 Å². The van der Waals surface area contributed by atoms with Gasteiger partial charge in [0.2, 0.25) is 0 Å². The van der Waals surface area contributed by atoms with Gasteiger partial charge in [0.15, 0.2) is 11.4 Å². The zero-order valence-electron chi connectivity index (χ0n) is 13.4. The van der Waals surface area contributed by atoms with Gasteiger partial charge in [0.1, 0.15) is 22.3 Å². The summed E-state index contributed by atoms with van der Waals surface area (Å²) in [5.41, 5.74) is 6.12. The molecule has 0 spiro atoms. The first-order valence-corrected chi connectivity index (χ1v) is 10.1. The summed E-state index contributed by atoms with van der Waals surface area (Å²) in [7, 11) is -4.24. The van der Waals surface area contributed by atoms with Gasteiger partial charge in [-0.25, -0.2) is 22.2 Å². The molecule has 0 radical (unpaired) electrons. The van der Waals surface area contributed by atoms with E-state index in [4.69, 9.17) is 22.1 Å². The van der Waals surface area contributed by atoms with Crippen LogP contribution in [0.1, 0.15) is 11.8 Å². The van der Waals surface area contributed by atoms with Crippen LogP contribution in [0.3, 0.4) is 0 Å². The van der Waals surface area contributed by atoms with E-state index in [-0.39, 0.29) is 15.9 Å². The average Bonchev–Trinajstić information content (AvgIpc) is 3.09. The van der Waals surface area contributed by atoms with Gasteiger partial charge >= 0.3 is 0 Å². The molecule has 3 N–H and O–H groups in total. The third kappa shape index (κ3) is 4.53. The maximum absolute atomic E-state index is 14.4. The highest BCUT2D eigenvalue weighted by molar-refractivity contribution is 7.93. The van der Waals surface area contributed by atoms with Crippen LogP contribution in [0.25, 0.3) is 0 Å². The highest BCUT2D eigenvalue weighted by atomic mass is 35.5. The molecule has 6 nitrogen and oxygen atoms in total. The molecule has 0 unspecified atom stereocenters. The third-order valence-corrected chi connectivity index (χ3v) is 5.83. The minimum atomic E-state index is -4.24. The largest absolute Gasteiger partial charge is 0.470 e. The fourth-order valence-electron chi connectivity index (χ4n) is 2.14. The summed E-state index contributed by atoms with van der Waals surface area (Å²) in [6, 6.07) is 7.06. The number of ether oxygens (including phenoxy) is 1. The Morgan fingerprint density at radius 1 is 1.26 bits per heavy atom. The first kappa shape index (κ1) is 19.5. The van der Waals surface area contributed by atoms with E-state index in [1.54, 1.807) is 5.38 Å². The molecule has 0 aliphatic carbocycles. The number of aromatic nitrogens is 1. The molecule has 11 heteroatoms. The molecule has 142 valence electrons. The number of halogens is 3. The number of benzene rings is 2. The van der Waals surface area contributed by atoms with Gasteiger partial charge in [-0.1, -0.05) is 23.7 Å². The van der Waals surface area contributed by atoms with Crippen molar-refractivity contribution in [2.24, 2.45) is 5.73 Å². The zero-order valence-corrected chi connectivity index (χ0v) is 15.8. The van der Waals surface area contributed by atoms with Gasteiger partial charge in [0.25, 0.3) is 10.0 Å². The van der Waals surface area contributed by atoms with E-state index in [0.29, 0.717) is 5.56 Å². The van der Waals surface area contributed by atoms with Crippen LogP contribution >= 0.6 is 22.9 Å². The molecule has 0 bridgehead atoms. The van der Waals surface area contributed by atoms with E-state index in [1.165, 1.54) is 24.4 Å². The van der Waals surface area contributed by atoms with Crippen LogP contribution in [0.5, 0.6) is 5.75 Å². The number of hydrogen-bond donors (Lipinski definition) is 2. The molecule has 1 aromatic heterocycles. The van der Waals surface area contributed by atoms with E-state index in [1.807, 2.05) is 0 Å². The van der Waals surface area contributed by atoms with Gasteiger partial charge in [-0.05, 0) is 18.2 Å². The van der Waals surface area contributed by atoms with Crippen LogP contribution in [-0.2, 0) is 10.0 Å². The van der Waals surface area contributed by atoms with E-state index in [9.17, 15) is 17.2 Å². The lowest BCUT2D eigenvalue weighted by Crippen LogP contribution is -2.18. The second-order valence-corrected chi connectivity index (χ2v) is 8.20. The van der Waals surface area contributed by atoms with Crippen molar-refractivity contribution in [2.75, 3.05) is 4.72 Å². The average molecular weight is 432 g/mol. The molecule has 3 rings (SSSR count). The maximum atomic E-state index is 14.4. The highest BCUT2D eigenvalue weighted by Crippen LogP contribution is 2.33. The number of nitrogens with one attached hydrogen (secondary N) is 1. The SMILES string of the molecule is N[C@H](Oc1cc(F)c(S(=O)(=O)Nc2nccs2)cc1Cl)c1cccc(F)c1. The van der Waals surface area contributed by atoms with E-state index in [0.717, 1.165) is 29.5 Å². The Balaban J connectivity index is 1.86. The first-order chi connectivity index (χ1) is 12.8. The topological polar surface area (TPSA) is 94.3 Å². The van der Waals surface area contributed by atoms with Crippen molar-refractivity contribution < 1.29 is 21.9 Å². The molecule has 0 saturated carbocycles. The molecule has 1 atom stereocenters. The lowest BCUT2D eigenvalue weighted by molar-refractivity contribution is 0.212. The Morgan fingerprint density at radius 2 is 2.04 bits per heavy atom. The molecule has 0 saturated heterocycles. The van der Waals surface area contributed by atoms with Gasteiger partial charge in [-0.3, -0.25) is 10.5 Å². The van der Waals surface area contributed by atoms with Crippen molar-refractivity contribution in [3.05, 3.63) is 70.2 Å². The molecule has 0 fully saturated rings. The minimum absolute atomic E-state index is 0.0824. The minimum Gasteiger partial charge on any atom is -0.470 e. The molecule has 0 amide bonds. The zero-order chi connectivity index (χ0) is 19.6. The van der Waals surface area contributed by atoms with Crippen molar-refractivity contribution >= 4 is 38.1 Å². The number of thiazole rings is 1. The van der Waals surface area contributed by atoms with Crippen LogP contribution in [0.2, 0.25) is 5.02 Å². The van der Waals surface area contributed by atoms with E-state index in [2.05, 4.69) is 9.71 Å².